The highest BCUT2D eigenvalue weighted by atomic mass is 35.5. The van der Waals surface area contributed by atoms with Crippen molar-refractivity contribution in [2.75, 3.05) is 0 Å². The van der Waals surface area contributed by atoms with Gasteiger partial charge in [0.1, 0.15) is 11.9 Å². The molecule has 24 heavy (non-hydrogen) atoms. The molecule has 1 N–H and O–H groups in total. The number of aromatic nitrogens is 1. The molecule has 126 valence electrons. The van der Waals surface area contributed by atoms with Crippen molar-refractivity contribution in [1.82, 2.24) is 10.3 Å². The van der Waals surface area contributed by atoms with Crippen LogP contribution in [0.3, 0.4) is 0 Å². The number of halogens is 2. The lowest BCUT2D eigenvalue weighted by molar-refractivity contribution is 0.0886. The predicted molar refractivity (Wildman–Crippen MR) is 89.8 cm³/mol. The lowest BCUT2D eigenvalue weighted by atomic mass is 9.92. The van der Waals surface area contributed by atoms with Gasteiger partial charge >= 0.3 is 0 Å². The molecule has 1 fully saturated rings. The maximum atomic E-state index is 13.6. The van der Waals surface area contributed by atoms with E-state index in [0.717, 1.165) is 25.7 Å². The van der Waals surface area contributed by atoms with Gasteiger partial charge in [-0.2, -0.15) is 0 Å². The first kappa shape index (κ1) is 16.7. The number of nitrogens with zero attached hydrogens (tertiary/aromatic N) is 1. The van der Waals surface area contributed by atoms with Gasteiger partial charge in [0.2, 0.25) is 5.88 Å². The van der Waals surface area contributed by atoms with Crippen molar-refractivity contribution in [3.8, 4) is 5.88 Å². The van der Waals surface area contributed by atoms with Gasteiger partial charge in [0.25, 0.3) is 5.91 Å². The summed E-state index contributed by atoms with van der Waals surface area (Å²) >= 11 is 5.80. The zero-order valence-corrected chi connectivity index (χ0v) is 13.8. The third kappa shape index (κ3) is 4.23. The Kier molecular flexibility index (Phi) is 5.30. The molecule has 6 heteroatoms. The summed E-state index contributed by atoms with van der Waals surface area (Å²) in [7, 11) is 0. The molecule has 2 aromatic rings. The fourth-order valence-electron chi connectivity index (χ4n) is 2.84. The van der Waals surface area contributed by atoms with Crippen LogP contribution in [0.15, 0.2) is 42.6 Å². The average molecular weight is 349 g/mol. The van der Waals surface area contributed by atoms with E-state index in [2.05, 4.69) is 10.3 Å². The largest absolute Gasteiger partial charge is 0.474 e. The number of rotatable bonds is 4. The molecule has 1 saturated carbocycles. The minimum Gasteiger partial charge on any atom is -0.474 e. The van der Waals surface area contributed by atoms with Crippen molar-refractivity contribution < 1.29 is 13.9 Å². The summed E-state index contributed by atoms with van der Waals surface area (Å²) in [5.74, 6) is -0.309. The predicted octanol–water partition coefficient (Wildman–Crippen LogP) is 3.99. The summed E-state index contributed by atoms with van der Waals surface area (Å²) in [5.41, 5.74) is 0.0845. The molecule has 0 bridgehead atoms. The molecule has 1 aromatic heterocycles. The topological polar surface area (TPSA) is 51.2 Å². The van der Waals surface area contributed by atoms with Crippen LogP contribution < -0.4 is 10.1 Å². The number of hydrogen-bond donors (Lipinski definition) is 1. The Hall–Kier alpha value is -2.14. The first-order valence-electron chi connectivity index (χ1n) is 7.95. The van der Waals surface area contributed by atoms with E-state index in [1.807, 2.05) is 0 Å². The highest BCUT2D eigenvalue weighted by Gasteiger charge is 2.24. The number of benzene rings is 1. The van der Waals surface area contributed by atoms with Crippen LogP contribution in [0, 0.1) is 5.82 Å². The van der Waals surface area contributed by atoms with E-state index in [-0.39, 0.29) is 23.6 Å². The van der Waals surface area contributed by atoms with Crippen molar-refractivity contribution in [3.05, 3.63) is 59.0 Å². The average Bonchev–Trinajstić information content (AvgIpc) is 2.59. The summed E-state index contributed by atoms with van der Waals surface area (Å²) in [5, 5.41) is 3.47. The van der Waals surface area contributed by atoms with Gasteiger partial charge in [-0.3, -0.25) is 4.79 Å². The highest BCUT2D eigenvalue weighted by Crippen LogP contribution is 2.24. The molecule has 0 radical (unpaired) electrons. The first-order chi connectivity index (χ1) is 11.6. The highest BCUT2D eigenvalue weighted by molar-refractivity contribution is 6.30. The lowest BCUT2D eigenvalue weighted by Crippen LogP contribution is -2.40. The number of nitrogens with one attached hydrogen (secondary N) is 1. The molecule has 0 saturated heterocycles. The Balaban J connectivity index is 1.49. The SMILES string of the molecule is O=C(NC1CCC(Oc2ccc(Cl)cn2)CC1)c1ccccc1F. The van der Waals surface area contributed by atoms with E-state index in [9.17, 15) is 9.18 Å². The molecular formula is C18H18ClFN2O2. The summed E-state index contributed by atoms with van der Waals surface area (Å²) in [6, 6.07) is 9.53. The molecular weight excluding hydrogens is 331 g/mol. The Morgan fingerprint density at radius 2 is 1.92 bits per heavy atom. The van der Waals surface area contributed by atoms with E-state index in [0.29, 0.717) is 10.9 Å². The summed E-state index contributed by atoms with van der Waals surface area (Å²) in [6.07, 6.45) is 4.83. The van der Waals surface area contributed by atoms with E-state index in [4.69, 9.17) is 16.3 Å². The normalized spacial score (nSPS) is 20.4. The van der Waals surface area contributed by atoms with Gasteiger partial charge in [-0.1, -0.05) is 23.7 Å². The molecule has 1 aromatic carbocycles. The Morgan fingerprint density at radius 1 is 1.17 bits per heavy atom. The fourth-order valence-corrected chi connectivity index (χ4v) is 2.95. The minimum atomic E-state index is -0.499. The second-order valence-corrected chi connectivity index (χ2v) is 6.30. The molecule has 1 aliphatic carbocycles. The number of pyridine rings is 1. The van der Waals surface area contributed by atoms with E-state index < -0.39 is 5.82 Å². The number of amides is 1. The van der Waals surface area contributed by atoms with Crippen molar-refractivity contribution in [2.24, 2.45) is 0 Å². The minimum absolute atomic E-state index is 0.0372. The lowest BCUT2D eigenvalue weighted by Gasteiger charge is -2.29. The standard InChI is InChI=1S/C18H18ClFN2O2/c19-12-5-10-17(21-11-12)24-14-8-6-13(7-9-14)22-18(23)15-3-1-2-4-16(15)20/h1-5,10-11,13-14H,6-9H2,(H,22,23). The van der Waals surface area contributed by atoms with Crippen LogP contribution in [0.2, 0.25) is 5.02 Å². The quantitative estimate of drug-likeness (QED) is 0.908. The zero-order valence-electron chi connectivity index (χ0n) is 13.0. The molecule has 1 aliphatic rings. The van der Waals surface area contributed by atoms with E-state index in [1.165, 1.54) is 12.1 Å². The molecule has 4 nitrogen and oxygen atoms in total. The Bertz CT molecular complexity index is 700. The third-order valence-electron chi connectivity index (χ3n) is 4.12. The van der Waals surface area contributed by atoms with Crippen molar-refractivity contribution in [1.29, 1.82) is 0 Å². The van der Waals surface area contributed by atoms with Crippen LogP contribution in [-0.4, -0.2) is 23.0 Å². The van der Waals surface area contributed by atoms with Crippen molar-refractivity contribution >= 4 is 17.5 Å². The van der Waals surface area contributed by atoms with Crippen molar-refractivity contribution in [3.63, 3.8) is 0 Å². The van der Waals surface area contributed by atoms with Gasteiger partial charge in [0.05, 0.1) is 10.6 Å². The van der Waals surface area contributed by atoms with Gasteiger partial charge < -0.3 is 10.1 Å². The van der Waals surface area contributed by atoms with E-state index >= 15 is 0 Å². The van der Waals surface area contributed by atoms with Gasteiger partial charge in [0, 0.05) is 18.3 Å². The Morgan fingerprint density at radius 3 is 2.58 bits per heavy atom. The molecule has 0 atom stereocenters. The molecule has 0 spiro atoms. The molecule has 3 rings (SSSR count). The van der Waals surface area contributed by atoms with Gasteiger partial charge in [0.15, 0.2) is 0 Å². The van der Waals surface area contributed by atoms with Crippen LogP contribution in [0.5, 0.6) is 5.88 Å². The molecule has 1 heterocycles. The van der Waals surface area contributed by atoms with Gasteiger partial charge in [-0.15, -0.1) is 0 Å². The Labute approximate surface area is 145 Å². The number of carbonyl (C=O) groups excluding carboxylic acids is 1. The van der Waals surface area contributed by atoms with Crippen LogP contribution in [0.25, 0.3) is 0 Å². The zero-order chi connectivity index (χ0) is 16.9. The summed E-state index contributed by atoms with van der Waals surface area (Å²) < 4.78 is 19.5. The first-order valence-corrected chi connectivity index (χ1v) is 8.33. The maximum absolute atomic E-state index is 13.6. The fraction of sp³-hybridized carbons (Fsp3) is 0.333. The van der Waals surface area contributed by atoms with E-state index in [1.54, 1.807) is 30.5 Å². The number of hydrogen-bond acceptors (Lipinski definition) is 3. The van der Waals surface area contributed by atoms with Crippen molar-refractivity contribution in [2.45, 2.75) is 37.8 Å². The maximum Gasteiger partial charge on any atom is 0.254 e. The van der Waals surface area contributed by atoms with Crippen LogP contribution >= 0.6 is 11.6 Å². The smallest absolute Gasteiger partial charge is 0.254 e. The summed E-state index contributed by atoms with van der Waals surface area (Å²) in [4.78, 5) is 16.3. The second-order valence-electron chi connectivity index (χ2n) is 5.86. The van der Waals surface area contributed by atoms with Gasteiger partial charge in [-0.25, -0.2) is 9.37 Å². The second kappa shape index (κ2) is 7.62. The van der Waals surface area contributed by atoms with Crippen LogP contribution in [0.4, 0.5) is 4.39 Å². The van der Waals surface area contributed by atoms with Crippen LogP contribution in [-0.2, 0) is 0 Å². The monoisotopic (exact) mass is 348 g/mol. The molecule has 0 unspecified atom stereocenters. The van der Waals surface area contributed by atoms with Crippen LogP contribution in [0.1, 0.15) is 36.0 Å². The molecule has 0 aliphatic heterocycles. The molecule has 1 amide bonds. The number of carbonyl (C=O) groups is 1. The van der Waals surface area contributed by atoms with Gasteiger partial charge in [-0.05, 0) is 43.9 Å². The third-order valence-corrected chi connectivity index (χ3v) is 4.34. The number of ether oxygens (including phenoxy) is 1. The summed E-state index contributed by atoms with van der Waals surface area (Å²) in [6.45, 7) is 0.